The predicted molar refractivity (Wildman–Crippen MR) is 127 cm³/mol. The molecule has 0 unspecified atom stereocenters. The van der Waals surface area contributed by atoms with E-state index in [1.165, 1.54) is 11.8 Å². The van der Waals surface area contributed by atoms with E-state index in [-0.39, 0.29) is 12.0 Å². The standard InChI is InChI=1S/C24H26N2O3.C2HF3O2/c1-18-16-20(25-24(27)23-8-5-15-28-23)9-10-22(18)29-21-11-13-26(14-12-21)17-19-6-3-2-4-7-19;3-2(4,5)1(6)7/h2-10,15-16,21H,11-14,17H2,1H3,(H,25,27);(H,6,7). The molecule has 1 aromatic heterocycles. The van der Waals surface area contributed by atoms with E-state index in [2.05, 4.69) is 40.5 Å². The largest absolute Gasteiger partial charge is 0.490 e. The number of aliphatic carboxylic acids is 1. The second kappa shape index (κ2) is 12.3. The number of amides is 1. The van der Waals surface area contributed by atoms with Crippen molar-refractivity contribution in [2.75, 3.05) is 18.4 Å². The number of furan rings is 1. The van der Waals surface area contributed by atoms with Crippen molar-refractivity contribution in [3.8, 4) is 5.75 Å². The first-order chi connectivity index (χ1) is 17.1. The summed E-state index contributed by atoms with van der Waals surface area (Å²) in [5, 5.41) is 9.98. The van der Waals surface area contributed by atoms with E-state index in [1.807, 2.05) is 25.1 Å². The van der Waals surface area contributed by atoms with Crippen LogP contribution in [0.1, 0.15) is 34.5 Å². The first-order valence-corrected chi connectivity index (χ1v) is 11.3. The summed E-state index contributed by atoms with van der Waals surface area (Å²) < 4.78 is 43.1. The second-order valence-electron chi connectivity index (χ2n) is 8.29. The molecule has 0 aliphatic carbocycles. The summed E-state index contributed by atoms with van der Waals surface area (Å²) in [6.45, 7) is 5.07. The Balaban J connectivity index is 0.000000454. The lowest BCUT2D eigenvalue weighted by Gasteiger charge is -2.32. The fourth-order valence-electron chi connectivity index (χ4n) is 3.67. The Bertz CT molecular complexity index is 1130. The molecular formula is C26H27F3N2O5. The minimum absolute atomic E-state index is 0.226. The zero-order valence-electron chi connectivity index (χ0n) is 19.6. The highest BCUT2D eigenvalue weighted by molar-refractivity contribution is 6.02. The summed E-state index contributed by atoms with van der Waals surface area (Å²) in [7, 11) is 0. The van der Waals surface area contributed by atoms with Gasteiger partial charge in [0.25, 0.3) is 5.91 Å². The number of hydrogen-bond acceptors (Lipinski definition) is 5. The third-order valence-corrected chi connectivity index (χ3v) is 5.50. The van der Waals surface area contributed by atoms with Crippen LogP contribution in [-0.4, -0.2) is 47.3 Å². The number of piperidine rings is 1. The Hall–Kier alpha value is -3.79. The smallest absolute Gasteiger partial charge is 0.490 e. The minimum atomic E-state index is -5.08. The monoisotopic (exact) mass is 504 g/mol. The molecule has 2 aromatic carbocycles. The number of hydrogen-bond donors (Lipinski definition) is 2. The van der Waals surface area contributed by atoms with Gasteiger partial charge in [0.1, 0.15) is 11.9 Å². The van der Waals surface area contributed by atoms with E-state index >= 15 is 0 Å². The van der Waals surface area contributed by atoms with Crippen LogP contribution in [0.25, 0.3) is 0 Å². The van der Waals surface area contributed by atoms with Gasteiger partial charge < -0.3 is 19.6 Å². The fourth-order valence-corrected chi connectivity index (χ4v) is 3.67. The van der Waals surface area contributed by atoms with Gasteiger partial charge in [-0.05, 0) is 61.2 Å². The fraction of sp³-hybridized carbons (Fsp3) is 0.308. The number of likely N-dealkylation sites (tertiary alicyclic amines) is 1. The van der Waals surface area contributed by atoms with Crippen molar-refractivity contribution in [2.24, 2.45) is 0 Å². The van der Waals surface area contributed by atoms with Gasteiger partial charge in [-0.2, -0.15) is 13.2 Å². The molecule has 36 heavy (non-hydrogen) atoms. The van der Waals surface area contributed by atoms with E-state index in [4.69, 9.17) is 19.1 Å². The third-order valence-electron chi connectivity index (χ3n) is 5.50. The van der Waals surface area contributed by atoms with Gasteiger partial charge >= 0.3 is 12.1 Å². The number of alkyl halides is 3. The van der Waals surface area contributed by atoms with Gasteiger partial charge in [-0.25, -0.2) is 4.79 Å². The molecule has 0 spiro atoms. The Labute approximate surface area is 206 Å². The van der Waals surface area contributed by atoms with E-state index < -0.39 is 12.1 Å². The Kier molecular flexibility index (Phi) is 9.13. The average molecular weight is 505 g/mol. The number of carbonyl (C=O) groups is 2. The summed E-state index contributed by atoms with van der Waals surface area (Å²) in [6.07, 6.45) is -1.33. The molecule has 3 aromatic rings. The van der Waals surface area contributed by atoms with Crippen LogP contribution >= 0.6 is 0 Å². The third kappa shape index (κ3) is 8.16. The molecule has 1 aliphatic rings. The predicted octanol–water partition coefficient (Wildman–Crippen LogP) is 5.52. The molecule has 192 valence electrons. The molecule has 10 heteroatoms. The van der Waals surface area contributed by atoms with Crippen LogP contribution in [0.4, 0.5) is 18.9 Å². The number of ether oxygens (including phenoxy) is 1. The number of benzene rings is 2. The van der Waals surface area contributed by atoms with E-state index in [9.17, 15) is 18.0 Å². The number of carbonyl (C=O) groups excluding carboxylic acids is 1. The van der Waals surface area contributed by atoms with Gasteiger partial charge in [-0.1, -0.05) is 30.3 Å². The number of carboxylic acid groups (broad SMARTS) is 1. The van der Waals surface area contributed by atoms with Crippen LogP contribution in [0.2, 0.25) is 0 Å². The highest BCUT2D eigenvalue weighted by atomic mass is 19.4. The van der Waals surface area contributed by atoms with Gasteiger partial charge in [0.15, 0.2) is 5.76 Å². The van der Waals surface area contributed by atoms with Crippen molar-refractivity contribution in [3.63, 3.8) is 0 Å². The molecule has 4 rings (SSSR count). The molecule has 1 aliphatic heterocycles. The highest BCUT2D eigenvalue weighted by Crippen LogP contribution is 2.26. The van der Waals surface area contributed by atoms with Gasteiger partial charge in [0, 0.05) is 25.3 Å². The lowest BCUT2D eigenvalue weighted by molar-refractivity contribution is -0.192. The minimum Gasteiger partial charge on any atom is -0.490 e. The number of carboxylic acids is 1. The lowest BCUT2D eigenvalue weighted by atomic mass is 10.1. The normalized spacial score (nSPS) is 14.4. The summed E-state index contributed by atoms with van der Waals surface area (Å²) >= 11 is 0. The molecule has 0 bridgehead atoms. The van der Waals surface area contributed by atoms with Crippen molar-refractivity contribution in [1.29, 1.82) is 0 Å². The van der Waals surface area contributed by atoms with Crippen molar-refractivity contribution in [1.82, 2.24) is 4.90 Å². The maximum atomic E-state index is 12.1. The Morgan fingerprint density at radius 3 is 2.31 bits per heavy atom. The average Bonchev–Trinajstić information content (AvgIpc) is 3.38. The summed E-state index contributed by atoms with van der Waals surface area (Å²) in [5.74, 6) is -1.84. The molecule has 1 amide bonds. The van der Waals surface area contributed by atoms with Crippen molar-refractivity contribution >= 4 is 17.6 Å². The van der Waals surface area contributed by atoms with E-state index in [0.717, 1.165) is 49.5 Å². The highest BCUT2D eigenvalue weighted by Gasteiger charge is 2.38. The molecule has 1 saturated heterocycles. The van der Waals surface area contributed by atoms with E-state index in [0.29, 0.717) is 5.76 Å². The molecular weight excluding hydrogens is 477 g/mol. The first kappa shape index (κ1) is 26.8. The summed E-state index contributed by atoms with van der Waals surface area (Å²) in [6, 6.07) is 19.7. The van der Waals surface area contributed by atoms with Gasteiger partial charge in [0.2, 0.25) is 0 Å². The van der Waals surface area contributed by atoms with Crippen LogP contribution in [0.15, 0.2) is 71.3 Å². The molecule has 0 saturated carbocycles. The molecule has 7 nitrogen and oxygen atoms in total. The van der Waals surface area contributed by atoms with Crippen LogP contribution in [0.5, 0.6) is 5.75 Å². The van der Waals surface area contributed by atoms with Crippen LogP contribution in [0, 0.1) is 6.92 Å². The second-order valence-corrected chi connectivity index (χ2v) is 8.29. The Morgan fingerprint density at radius 2 is 1.75 bits per heavy atom. The lowest BCUT2D eigenvalue weighted by Crippen LogP contribution is -2.37. The maximum absolute atomic E-state index is 12.1. The number of halogens is 3. The number of aryl methyl sites for hydroxylation is 1. The van der Waals surface area contributed by atoms with E-state index in [1.54, 1.807) is 12.1 Å². The molecule has 0 atom stereocenters. The van der Waals surface area contributed by atoms with Crippen molar-refractivity contribution < 1.29 is 37.0 Å². The number of anilines is 1. The molecule has 2 heterocycles. The quantitative estimate of drug-likeness (QED) is 0.460. The van der Waals surface area contributed by atoms with Crippen molar-refractivity contribution in [3.05, 3.63) is 83.8 Å². The molecule has 2 N–H and O–H groups in total. The number of nitrogens with one attached hydrogen (secondary N) is 1. The number of nitrogens with zero attached hydrogens (tertiary/aromatic N) is 1. The summed E-state index contributed by atoms with van der Waals surface area (Å²) in [5.41, 5.74) is 3.10. The molecule has 0 radical (unpaired) electrons. The topological polar surface area (TPSA) is 92.0 Å². The summed E-state index contributed by atoms with van der Waals surface area (Å²) in [4.78, 5) is 23.5. The van der Waals surface area contributed by atoms with Gasteiger partial charge in [-0.3, -0.25) is 9.69 Å². The zero-order valence-corrected chi connectivity index (χ0v) is 19.6. The van der Waals surface area contributed by atoms with Gasteiger partial charge in [-0.15, -0.1) is 0 Å². The van der Waals surface area contributed by atoms with Crippen LogP contribution in [-0.2, 0) is 11.3 Å². The van der Waals surface area contributed by atoms with Crippen molar-refractivity contribution in [2.45, 2.75) is 38.6 Å². The first-order valence-electron chi connectivity index (χ1n) is 11.3. The van der Waals surface area contributed by atoms with Gasteiger partial charge in [0.05, 0.1) is 6.26 Å². The Morgan fingerprint density at radius 1 is 1.08 bits per heavy atom. The zero-order chi connectivity index (χ0) is 26.1. The van der Waals surface area contributed by atoms with Crippen LogP contribution < -0.4 is 10.1 Å². The maximum Gasteiger partial charge on any atom is 0.490 e. The molecule has 1 fully saturated rings. The SMILES string of the molecule is Cc1cc(NC(=O)c2ccco2)ccc1OC1CCN(Cc2ccccc2)CC1.O=C(O)C(F)(F)F. The number of rotatable bonds is 6. The van der Waals surface area contributed by atoms with Crippen LogP contribution in [0.3, 0.4) is 0 Å².